The van der Waals surface area contributed by atoms with Gasteiger partial charge in [-0.05, 0) is 105 Å². The van der Waals surface area contributed by atoms with Crippen LogP contribution in [0, 0.1) is 0 Å². The summed E-state index contributed by atoms with van der Waals surface area (Å²) in [6.07, 6.45) is 0. The van der Waals surface area contributed by atoms with Crippen LogP contribution in [-0.2, 0) is 5.41 Å². The molecule has 0 atom stereocenters. The van der Waals surface area contributed by atoms with E-state index in [0.29, 0.717) is 0 Å². The van der Waals surface area contributed by atoms with Crippen LogP contribution in [0.3, 0.4) is 0 Å². The topological polar surface area (TPSA) is 6.48 Å². The van der Waals surface area contributed by atoms with Crippen LogP contribution in [0.1, 0.15) is 22.3 Å². The second kappa shape index (κ2) is 14.8. The molecule has 9 aromatic rings. The third kappa shape index (κ3) is 6.18. The molecule has 0 spiro atoms. The smallest absolute Gasteiger partial charge is 0.0775 e. The molecule has 10 rings (SSSR count). The number of benzene rings is 9. The highest BCUT2D eigenvalue weighted by molar-refractivity contribution is 6.88. The standard InChI is InChI=1S/C56H46N2Si/c1-59(2,3)48-36-33-46(34-37-48)57(43-25-13-6-14-26-43)47-35-38-51-52(39-47)56(41-21-9-4-10-22-41,42-23-11-5-12-24-42)53-40-54(49-31-19-20-32-50(49)55(51)53)58(44-27-15-7-16-28-44)45-29-17-8-18-30-45/h4-40H,1-3H3. The second-order valence-corrected chi connectivity index (χ2v) is 21.6. The molecule has 0 radical (unpaired) electrons. The molecule has 9 aromatic carbocycles. The maximum atomic E-state index is 2.50. The number of hydrogen-bond donors (Lipinski definition) is 0. The van der Waals surface area contributed by atoms with Gasteiger partial charge >= 0.3 is 0 Å². The fraction of sp³-hybridized carbons (Fsp3) is 0.0714. The van der Waals surface area contributed by atoms with E-state index in [0.717, 1.165) is 34.1 Å². The van der Waals surface area contributed by atoms with E-state index >= 15 is 0 Å². The minimum atomic E-state index is -1.49. The summed E-state index contributed by atoms with van der Waals surface area (Å²) in [6.45, 7) is 7.24. The zero-order valence-electron chi connectivity index (χ0n) is 33.8. The van der Waals surface area contributed by atoms with E-state index in [9.17, 15) is 0 Å². The summed E-state index contributed by atoms with van der Waals surface area (Å²) in [4.78, 5) is 4.85. The Hall–Kier alpha value is -6.94. The molecule has 0 aromatic heterocycles. The average Bonchev–Trinajstić information content (AvgIpc) is 3.58. The van der Waals surface area contributed by atoms with Crippen molar-refractivity contribution in [2.45, 2.75) is 25.1 Å². The van der Waals surface area contributed by atoms with E-state index in [4.69, 9.17) is 0 Å². The van der Waals surface area contributed by atoms with Crippen LogP contribution < -0.4 is 15.0 Å². The van der Waals surface area contributed by atoms with Crippen LogP contribution in [0.25, 0.3) is 21.9 Å². The Labute approximate surface area is 349 Å². The van der Waals surface area contributed by atoms with Crippen molar-refractivity contribution in [2.24, 2.45) is 0 Å². The minimum Gasteiger partial charge on any atom is -0.310 e. The van der Waals surface area contributed by atoms with Crippen LogP contribution in [0.5, 0.6) is 0 Å². The summed E-state index contributed by atoms with van der Waals surface area (Å²) < 4.78 is 0. The molecule has 1 aliphatic rings. The van der Waals surface area contributed by atoms with E-state index in [1.165, 1.54) is 49.3 Å². The molecule has 0 bridgehead atoms. The Kier molecular flexibility index (Phi) is 9.11. The number of nitrogens with zero attached hydrogens (tertiary/aromatic N) is 2. The van der Waals surface area contributed by atoms with Crippen LogP contribution in [0.15, 0.2) is 224 Å². The van der Waals surface area contributed by atoms with Crippen LogP contribution in [-0.4, -0.2) is 8.07 Å². The first-order valence-electron chi connectivity index (χ1n) is 20.6. The molecule has 0 unspecified atom stereocenters. The molecule has 284 valence electrons. The van der Waals surface area contributed by atoms with Crippen molar-refractivity contribution >= 4 is 58.2 Å². The molecule has 0 fully saturated rings. The average molecular weight is 775 g/mol. The number of fused-ring (bicyclic) bond motifs is 5. The van der Waals surface area contributed by atoms with Crippen molar-refractivity contribution in [3.63, 3.8) is 0 Å². The fourth-order valence-corrected chi connectivity index (χ4v) is 10.5. The van der Waals surface area contributed by atoms with Gasteiger partial charge in [0.15, 0.2) is 0 Å². The molecule has 2 nitrogen and oxygen atoms in total. The fourth-order valence-electron chi connectivity index (χ4n) is 9.35. The Bertz CT molecular complexity index is 2810. The second-order valence-electron chi connectivity index (χ2n) is 16.6. The Morgan fingerprint density at radius 3 is 1.29 bits per heavy atom. The van der Waals surface area contributed by atoms with Crippen LogP contribution in [0.2, 0.25) is 19.6 Å². The van der Waals surface area contributed by atoms with Gasteiger partial charge in [-0.2, -0.15) is 0 Å². The zero-order valence-corrected chi connectivity index (χ0v) is 34.8. The van der Waals surface area contributed by atoms with E-state index in [2.05, 4.69) is 254 Å². The lowest BCUT2D eigenvalue weighted by atomic mass is 9.67. The Morgan fingerprint density at radius 1 is 0.356 bits per heavy atom. The number of rotatable bonds is 9. The van der Waals surface area contributed by atoms with E-state index in [-0.39, 0.29) is 0 Å². The van der Waals surface area contributed by atoms with Gasteiger partial charge in [0.2, 0.25) is 0 Å². The minimum absolute atomic E-state index is 0.634. The van der Waals surface area contributed by atoms with Gasteiger partial charge in [0, 0.05) is 33.8 Å². The first kappa shape index (κ1) is 36.4. The van der Waals surface area contributed by atoms with E-state index < -0.39 is 13.5 Å². The summed E-state index contributed by atoms with van der Waals surface area (Å²) in [6, 6.07) is 82.7. The largest absolute Gasteiger partial charge is 0.310 e. The SMILES string of the molecule is C[Si](C)(C)c1ccc(N(c2ccccc2)c2ccc3c(c2)C(c2ccccc2)(c2ccccc2)c2cc(N(c4ccccc4)c4ccccc4)c4ccccc4c2-3)cc1. The predicted molar refractivity (Wildman–Crippen MR) is 254 cm³/mol. The lowest BCUT2D eigenvalue weighted by Gasteiger charge is -2.36. The molecular weight excluding hydrogens is 729 g/mol. The maximum absolute atomic E-state index is 2.50. The molecule has 0 heterocycles. The first-order valence-corrected chi connectivity index (χ1v) is 24.1. The van der Waals surface area contributed by atoms with Crippen molar-refractivity contribution in [2.75, 3.05) is 9.80 Å². The quantitative estimate of drug-likeness (QED) is 0.135. The maximum Gasteiger partial charge on any atom is 0.0775 e. The molecule has 59 heavy (non-hydrogen) atoms. The van der Waals surface area contributed by atoms with Gasteiger partial charge in [-0.15, -0.1) is 0 Å². The lowest BCUT2D eigenvalue weighted by molar-refractivity contribution is 0.769. The number of anilines is 6. The van der Waals surface area contributed by atoms with Crippen molar-refractivity contribution in [1.82, 2.24) is 0 Å². The molecule has 0 amide bonds. The molecular formula is C56H46N2Si. The van der Waals surface area contributed by atoms with Crippen LogP contribution in [0.4, 0.5) is 34.1 Å². The molecule has 1 aliphatic carbocycles. The monoisotopic (exact) mass is 774 g/mol. The van der Waals surface area contributed by atoms with E-state index in [1.54, 1.807) is 0 Å². The summed E-state index contributed by atoms with van der Waals surface area (Å²) >= 11 is 0. The van der Waals surface area contributed by atoms with Gasteiger partial charge < -0.3 is 9.80 Å². The highest BCUT2D eigenvalue weighted by Gasteiger charge is 2.48. The number of para-hydroxylation sites is 3. The molecule has 0 N–H and O–H groups in total. The van der Waals surface area contributed by atoms with Crippen molar-refractivity contribution in [3.05, 3.63) is 247 Å². The summed E-state index contributed by atoms with van der Waals surface area (Å²) in [5.74, 6) is 0. The molecule has 0 saturated heterocycles. The molecule has 3 heteroatoms. The normalized spacial score (nSPS) is 12.8. The third-order valence-electron chi connectivity index (χ3n) is 12.1. The molecule has 0 aliphatic heterocycles. The molecule has 0 saturated carbocycles. The number of hydrogen-bond acceptors (Lipinski definition) is 2. The Morgan fingerprint density at radius 2 is 0.780 bits per heavy atom. The van der Waals surface area contributed by atoms with Gasteiger partial charge in [-0.25, -0.2) is 0 Å². The van der Waals surface area contributed by atoms with E-state index in [1.807, 2.05) is 0 Å². The summed E-state index contributed by atoms with van der Waals surface area (Å²) in [5.41, 5.74) is 13.7. The lowest BCUT2D eigenvalue weighted by Crippen LogP contribution is -2.37. The highest BCUT2D eigenvalue weighted by Crippen LogP contribution is 2.60. The zero-order chi connectivity index (χ0) is 40.0. The van der Waals surface area contributed by atoms with Gasteiger partial charge in [-0.1, -0.05) is 183 Å². The van der Waals surface area contributed by atoms with Gasteiger partial charge in [-0.3, -0.25) is 0 Å². The van der Waals surface area contributed by atoms with Gasteiger partial charge in [0.05, 0.1) is 19.2 Å². The van der Waals surface area contributed by atoms with Crippen LogP contribution >= 0.6 is 0 Å². The Balaban J connectivity index is 1.30. The van der Waals surface area contributed by atoms with Gasteiger partial charge in [0.1, 0.15) is 0 Å². The first-order chi connectivity index (χ1) is 28.9. The van der Waals surface area contributed by atoms with Gasteiger partial charge in [0.25, 0.3) is 0 Å². The summed E-state index contributed by atoms with van der Waals surface area (Å²) in [5, 5.41) is 3.90. The van der Waals surface area contributed by atoms with Crippen molar-refractivity contribution in [1.29, 1.82) is 0 Å². The summed E-state index contributed by atoms with van der Waals surface area (Å²) in [7, 11) is -1.49. The van der Waals surface area contributed by atoms with Crippen molar-refractivity contribution in [3.8, 4) is 11.1 Å². The predicted octanol–water partition coefficient (Wildman–Crippen LogP) is 14.7. The highest BCUT2D eigenvalue weighted by atomic mass is 28.3. The third-order valence-corrected chi connectivity index (χ3v) is 14.1. The van der Waals surface area contributed by atoms with Crippen molar-refractivity contribution < 1.29 is 0 Å².